The molecule has 0 spiro atoms. The molecule has 0 bridgehead atoms. The van der Waals surface area contributed by atoms with Crippen LogP contribution in [0, 0.1) is 0 Å². The number of para-hydroxylation sites is 1. The van der Waals surface area contributed by atoms with Crippen LogP contribution in [0.1, 0.15) is 5.56 Å². The Hall–Kier alpha value is -2.43. The summed E-state index contributed by atoms with van der Waals surface area (Å²) < 4.78 is 5.32. The molecule has 0 unspecified atom stereocenters. The Kier molecular flexibility index (Phi) is 4.30. The second-order valence-corrected chi connectivity index (χ2v) is 4.66. The number of aromatic nitrogens is 1. The molecule has 0 saturated heterocycles. The molecule has 2 aromatic rings. The zero-order chi connectivity index (χ0) is 14.5. The van der Waals surface area contributed by atoms with Crippen molar-refractivity contribution >= 4 is 17.1 Å². The molecule has 106 valence electrons. The van der Waals surface area contributed by atoms with E-state index in [-0.39, 0.29) is 0 Å². The van der Waals surface area contributed by atoms with Crippen molar-refractivity contribution in [1.82, 2.24) is 4.98 Å². The summed E-state index contributed by atoms with van der Waals surface area (Å²) in [6.45, 7) is 0.621. The Morgan fingerprint density at radius 1 is 1.25 bits per heavy atom. The Labute approximate surface area is 119 Å². The number of rotatable bonds is 5. The van der Waals surface area contributed by atoms with Gasteiger partial charge in [0.15, 0.2) is 0 Å². The smallest absolute Gasteiger partial charge is 0.239 e. The van der Waals surface area contributed by atoms with Gasteiger partial charge in [-0.15, -0.1) is 0 Å². The number of anilines is 3. The fourth-order valence-corrected chi connectivity index (χ4v) is 2.01. The van der Waals surface area contributed by atoms with Gasteiger partial charge < -0.3 is 20.7 Å². The largest absolute Gasteiger partial charge is 0.479 e. The van der Waals surface area contributed by atoms with E-state index >= 15 is 0 Å². The molecule has 5 nitrogen and oxygen atoms in total. The molecular weight excluding hydrogens is 252 g/mol. The van der Waals surface area contributed by atoms with E-state index in [1.165, 1.54) is 0 Å². The zero-order valence-electron chi connectivity index (χ0n) is 12.1. The van der Waals surface area contributed by atoms with E-state index in [2.05, 4.69) is 10.3 Å². The average Bonchev–Trinajstić information content (AvgIpc) is 2.46. The number of hydrogen-bond donors (Lipinski definition) is 2. The molecule has 1 aromatic heterocycles. The number of methoxy groups -OCH3 is 1. The van der Waals surface area contributed by atoms with Crippen LogP contribution in [0.3, 0.4) is 0 Å². The summed E-state index contributed by atoms with van der Waals surface area (Å²) in [7, 11) is 5.58. The van der Waals surface area contributed by atoms with Crippen LogP contribution in [0.5, 0.6) is 5.88 Å². The lowest BCUT2D eigenvalue weighted by Crippen LogP contribution is -2.14. The van der Waals surface area contributed by atoms with Gasteiger partial charge in [0.1, 0.15) is 5.69 Å². The van der Waals surface area contributed by atoms with E-state index in [1.54, 1.807) is 13.3 Å². The van der Waals surface area contributed by atoms with Crippen molar-refractivity contribution in [2.24, 2.45) is 0 Å². The van der Waals surface area contributed by atoms with Gasteiger partial charge in [0, 0.05) is 32.5 Å². The topological polar surface area (TPSA) is 63.4 Å². The third-order valence-corrected chi connectivity index (χ3v) is 3.08. The summed E-state index contributed by atoms with van der Waals surface area (Å²) in [4.78, 5) is 6.25. The summed E-state index contributed by atoms with van der Waals surface area (Å²) in [6, 6.07) is 9.74. The Bertz CT molecular complexity index is 584. The molecule has 3 N–H and O–H groups in total. The van der Waals surface area contributed by atoms with E-state index in [0.717, 1.165) is 22.6 Å². The Balaban J connectivity index is 2.26. The molecule has 5 heteroatoms. The summed E-state index contributed by atoms with van der Waals surface area (Å²) in [5.74, 6) is 0.575. The molecule has 1 aromatic carbocycles. The van der Waals surface area contributed by atoms with E-state index in [1.807, 2.05) is 49.3 Å². The molecule has 0 radical (unpaired) electrons. The van der Waals surface area contributed by atoms with Crippen LogP contribution < -0.4 is 20.7 Å². The Morgan fingerprint density at radius 3 is 2.65 bits per heavy atom. The highest BCUT2D eigenvalue weighted by atomic mass is 16.5. The van der Waals surface area contributed by atoms with Gasteiger partial charge in [0.2, 0.25) is 5.88 Å². The molecule has 0 aliphatic rings. The third kappa shape index (κ3) is 2.93. The normalized spacial score (nSPS) is 10.2. The number of nitrogen functional groups attached to an aromatic ring is 1. The van der Waals surface area contributed by atoms with E-state index in [9.17, 15) is 0 Å². The van der Waals surface area contributed by atoms with Crippen LogP contribution in [-0.4, -0.2) is 26.2 Å². The Morgan fingerprint density at radius 2 is 2.00 bits per heavy atom. The maximum atomic E-state index is 5.96. The van der Waals surface area contributed by atoms with E-state index in [4.69, 9.17) is 10.5 Å². The monoisotopic (exact) mass is 272 g/mol. The maximum absolute atomic E-state index is 5.96. The van der Waals surface area contributed by atoms with Crippen molar-refractivity contribution in [2.45, 2.75) is 6.54 Å². The molecule has 0 amide bonds. The number of nitrogens with one attached hydrogen (secondary N) is 1. The van der Waals surface area contributed by atoms with Gasteiger partial charge in [-0.25, -0.2) is 4.98 Å². The van der Waals surface area contributed by atoms with E-state index in [0.29, 0.717) is 12.4 Å². The minimum Gasteiger partial charge on any atom is -0.479 e. The van der Waals surface area contributed by atoms with Crippen LogP contribution in [0.15, 0.2) is 36.5 Å². The number of hydrogen-bond acceptors (Lipinski definition) is 5. The fraction of sp³-hybridized carbons (Fsp3) is 0.267. The van der Waals surface area contributed by atoms with Crippen LogP contribution in [0.4, 0.5) is 17.1 Å². The lowest BCUT2D eigenvalue weighted by atomic mass is 10.2. The van der Waals surface area contributed by atoms with Crippen molar-refractivity contribution in [1.29, 1.82) is 0 Å². The number of benzene rings is 1. The first-order valence-corrected chi connectivity index (χ1v) is 6.41. The predicted molar refractivity (Wildman–Crippen MR) is 83.3 cm³/mol. The fourth-order valence-electron chi connectivity index (χ4n) is 2.01. The molecular formula is C15H20N4O. The lowest BCUT2D eigenvalue weighted by Gasteiger charge is -2.20. The predicted octanol–water partition coefficient (Wildman–Crippen LogP) is 2.35. The number of nitrogens with zero attached hydrogens (tertiary/aromatic N) is 2. The molecule has 0 saturated carbocycles. The van der Waals surface area contributed by atoms with Crippen LogP contribution >= 0.6 is 0 Å². The van der Waals surface area contributed by atoms with Crippen molar-refractivity contribution in [2.75, 3.05) is 37.2 Å². The highest BCUT2D eigenvalue weighted by molar-refractivity contribution is 5.74. The van der Waals surface area contributed by atoms with Gasteiger partial charge in [-0.2, -0.15) is 0 Å². The van der Waals surface area contributed by atoms with Crippen LogP contribution in [0.25, 0.3) is 0 Å². The quantitative estimate of drug-likeness (QED) is 0.818. The van der Waals surface area contributed by atoms with Crippen LogP contribution in [-0.2, 0) is 6.54 Å². The number of pyridine rings is 1. The summed E-state index contributed by atoms with van der Waals surface area (Å²) >= 11 is 0. The van der Waals surface area contributed by atoms with Crippen molar-refractivity contribution in [3.05, 3.63) is 42.1 Å². The molecule has 0 aliphatic heterocycles. The molecule has 20 heavy (non-hydrogen) atoms. The third-order valence-electron chi connectivity index (χ3n) is 3.08. The standard InChI is InChI=1S/C15H20N4O/c1-19(2)13-8-9-17-15(20-3)14(13)18-10-11-6-4-5-7-12(11)16/h4-9,18H,10,16H2,1-3H3. The van der Waals surface area contributed by atoms with Gasteiger partial charge in [-0.3, -0.25) is 0 Å². The number of ether oxygens (including phenoxy) is 1. The zero-order valence-corrected chi connectivity index (χ0v) is 12.1. The van der Waals surface area contributed by atoms with E-state index < -0.39 is 0 Å². The molecule has 0 fully saturated rings. The number of nitrogens with two attached hydrogens (primary N) is 1. The minimum atomic E-state index is 0.575. The second kappa shape index (κ2) is 6.14. The SMILES string of the molecule is COc1nccc(N(C)C)c1NCc1ccccc1N. The first kappa shape index (κ1) is 14.0. The van der Waals surface area contributed by atoms with Gasteiger partial charge in [-0.05, 0) is 17.7 Å². The molecule has 2 rings (SSSR count). The lowest BCUT2D eigenvalue weighted by molar-refractivity contribution is 0.400. The van der Waals surface area contributed by atoms with Crippen molar-refractivity contribution in [3.63, 3.8) is 0 Å². The summed E-state index contributed by atoms with van der Waals surface area (Å²) in [6.07, 6.45) is 1.73. The van der Waals surface area contributed by atoms with Crippen LogP contribution in [0.2, 0.25) is 0 Å². The first-order chi connectivity index (χ1) is 9.63. The van der Waals surface area contributed by atoms with Crippen molar-refractivity contribution < 1.29 is 4.74 Å². The minimum absolute atomic E-state index is 0.575. The second-order valence-electron chi connectivity index (χ2n) is 4.66. The molecule has 0 atom stereocenters. The molecule has 1 heterocycles. The van der Waals surface area contributed by atoms with Gasteiger partial charge in [0.25, 0.3) is 0 Å². The van der Waals surface area contributed by atoms with Gasteiger partial charge >= 0.3 is 0 Å². The summed E-state index contributed by atoms with van der Waals surface area (Å²) in [5, 5.41) is 3.36. The average molecular weight is 272 g/mol. The van der Waals surface area contributed by atoms with Gasteiger partial charge in [0.05, 0.1) is 12.8 Å². The van der Waals surface area contributed by atoms with Gasteiger partial charge in [-0.1, -0.05) is 18.2 Å². The first-order valence-electron chi connectivity index (χ1n) is 6.41. The highest BCUT2D eigenvalue weighted by Gasteiger charge is 2.12. The molecule has 0 aliphatic carbocycles. The van der Waals surface area contributed by atoms with Crippen molar-refractivity contribution in [3.8, 4) is 5.88 Å². The highest BCUT2D eigenvalue weighted by Crippen LogP contribution is 2.32. The summed E-state index contributed by atoms with van der Waals surface area (Å²) in [5.41, 5.74) is 9.66. The maximum Gasteiger partial charge on any atom is 0.239 e.